The summed E-state index contributed by atoms with van der Waals surface area (Å²) in [7, 11) is 0. The van der Waals surface area contributed by atoms with Crippen LogP contribution in [-0.2, 0) is 19.6 Å². The van der Waals surface area contributed by atoms with Crippen molar-refractivity contribution in [3.8, 4) is 5.75 Å². The first-order valence-corrected chi connectivity index (χ1v) is 11.1. The lowest BCUT2D eigenvalue weighted by atomic mass is 10.2. The summed E-state index contributed by atoms with van der Waals surface area (Å²) in [5.74, 6) is 1.71. The number of furan rings is 1. The van der Waals surface area contributed by atoms with Crippen LogP contribution in [0.3, 0.4) is 0 Å². The quantitative estimate of drug-likeness (QED) is 0.519. The summed E-state index contributed by atoms with van der Waals surface area (Å²) in [6.45, 7) is 6.16. The van der Waals surface area contributed by atoms with Crippen LogP contribution < -0.4 is 4.74 Å². The number of carbonyl (C=O) groups is 1. The van der Waals surface area contributed by atoms with E-state index in [1.54, 1.807) is 12.1 Å². The fourth-order valence-corrected chi connectivity index (χ4v) is 3.87. The molecule has 3 aromatic rings. The van der Waals surface area contributed by atoms with Gasteiger partial charge in [0.15, 0.2) is 5.76 Å². The minimum Gasteiger partial charge on any atom is -0.486 e. The SMILES string of the molecule is CCc1ccc(OCc2ccc(C(=O)N3CCN(Cc4ccccc4Cl)CC3)o2)cc1. The van der Waals surface area contributed by atoms with Gasteiger partial charge in [0, 0.05) is 37.7 Å². The lowest BCUT2D eigenvalue weighted by molar-refractivity contribution is 0.0594. The van der Waals surface area contributed by atoms with E-state index in [2.05, 4.69) is 24.0 Å². The van der Waals surface area contributed by atoms with E-state index in [9.17, 15) is 4.79 Å². The highest BCUT2D eigenvalue weighted by molar-refractivity contribution is 6.31. The van der Waals surface area contributed by atoms with Gasteiger partial charge in [-0.25, -0.2) is 0 Å². The molecule has 0 bridgehead atoms. The summed E-state index contributed by atoms with van der Waals surface area (Å²) in [4.78, 5) is 17.0. The molecule has 1 fully saturated rings. The number of rotatable bonds is 7. The number of ether oxygens (including phenoxy) is 1. The molecule has 4 rings (SSSR count). The molecule has 31 heavy (non-hydrogen) atoms. The zero-order chi connectivity index (χ0) is 21.6. The van der Waals surface area contributed by atoms with E-state index >= 15 is 0 Å². The number of hydrogen-bond acceptors (Lipinski definition) is 4. The van der Waals surface area contributed by atoms with Crippen LogP contribution in [0.1, 0.15) is 34.4 Å². The Morgan fingerprint density at radius 2 is 1.74 bits per heavy atom. The van der Waals surface area contributed by atoms with E-state index in [1.807, 2.05) is 41.3 Å². The smallest absolute Gasteiger partial charge is 0.289 e. The molecule has 6 heteroatoms. The van der Waals surface area contributed by atoms with Crippen LogP contribution in [0.15, 0.2) is 65.1 Å². The Bertz CT molecular complexity index is 1010. The monoisotopic (exact) mass is 438 g/mol. The van der Waals surface area contributed by atoms with Gasteiger partial charge in [0.1, 0.15) is 18.1 Å². The topological polar surface area (TPSA) is 45.9 Å². The molecule has 2 aromatic carbocycles. The van der Waals surface area contributed by atoms with Gasteiger partial charge in [0.25, 0.3) is 5.91 Å². The summed E-state index contributed by atoms with van der Waals surface area (Å²) < 4.78 is 11.5. The second kappa shape index (κ2) is 10.0. The second-order valence-corrected chi connectivity index (χ2v) is 8.12. The Hall–Kier alpha value is -2.76. The highest BCUT2D eigenvalue weighted by Gasteiger charge is 2.24. The summed E-state index contributed by atoms with van der Waals surface area (Å²) >= 11 is 6.27. The van der Waals surface area contributed by atoms with Gasteiger partial charge < -0.3 is 14.1 Å². The van der Waals surface area contributed by atoms with Crippen molar-refractivity contribution in [2.75, 3.05) is 26.2 Å². The summed E-state index contributed by atoms with van der Waals surface area (Å²) in [5, 5.41) is 0.785. The number of carbonyl (C=O) groups excluding carboxylic acids is 1. The minimum atomic E-state index is -0.0732. The lowest BCUT2D eigenvalue weighted by Crippen LogP contribution is -2.48. The van der Waals surface area contributed by atoms with Crippen LogP contribution in [0.25, 0.3) is 0 Å². The number of aryl methyl sites for hydroxylation is 1. The van der Waals surface area contributed by atoms with Gasteiger partial charge in [-0.15, -0.1) is 0 Å². The number of amides is 1. The highest BCUT2D eigenvalue weighted by atomic mass is 35.5. The zero-order valence-corrected chi connectivity index (χ0v) is 18.5. The lowest BCUT2D eigenvalue weighted by Gasteiger charge is -2.34. The maximum atomic E-state index is 12.8. The summed E-state index contributed by atoms with van der Waals surface area (Å²) in [5.41, 5.74) is 2.38. The predicted octanol–water partition coefficient (Wildman–Crippen LogP) is 5.03. The molecule has 1 aromatic heterocycles. The van der Waals surface area contributed by atoms with Crippen molar-refractivity contribution in [2.24, 2.45) is 0 Å². The minimum absolute atomic E-state index is 0.0732. The third-order valence-corrected chi connectivity index (χ3v) is 5.97. The third kappa shape index (κ3) is 5.49. The Morgan fingerprint density at radius 3 is 2.45 bits per heavy atom. The van der Waals surface area contributed by atoms with Crippen molar-refractivity contribution in [3.05, 3.63) is 88.3 Å². The molecule has 162 valence electrons. The first-order chi connectivity index (χ1) is 15.1. The maximum absolute atomic E-state index is 12.8. The first kappa shape index (κ1) is 21.5. The Kier molecular flexibility index (Phi) is 6.95. The Balaban J connectivity index is 1.27. The van der Waals surface area contributed by atoms with Crippen LogP contribution in [0.5, 0.6) is 5.75 Å². The summed E-state index contributed by atoms with van der Waals surface area (Å²) in [6, 6.07) is 19.5. The van der Waals surface area contributed by atoms with Gasteiger partial charge in [-0.3, -0.25) is 9.69 Å². The average molecular weight is 439 g/mol. The fraction of sp³-hybridized carbons (Fsp3) is 0.320. The number of halogens is 1. The first-order valence-electron chi connectivity index (χ1n) is 10.7. The number of nitrogens with zero attached hydrogens (tertiary/aromatic N) is 2. The van der Waals surface area contributed by atoms with Gasteiger partial charge in [-0.05, 0) is 47.9 Å². The fourth-order valence-electron chi connectivity index (χ4n) is 3.68. The molecule has 1 saturated heterocycles. The van der Waals surface area contributed by atoms with E-state index in [4.69, 9.17) is 20.8 Å². The molecule has 1 amide bonds. The van der Waals surface area contributed by atoms with Crippen molar-refractivity contribution in [1.82, 2.24) is 9.80 Å². The van der Waals surface area contributed by atoms with E-state index in [-0.39, 0.29) is 5.91 Å². The maximum Gasteiger partial charge on any atom is 0.289 e. The molecule has 0 atom stereocenters. The van der Waals surface area contributed by atoms with Crippen LogP contribution in [0.4, 0.5) is 0 Å². The molecule has 0 saturated carbocycles. The van der Waals surface area contributed by atoms with Gasteiger partial charge >= 0.3 is 0 Å². The van der Waals surface area contributed by atoms with E-state index in [1.165, 1.54) is 5.56 Å². The third-order valence-electron chi connectivity index (χ3n) is 5.60. The van der Waals surface area contributed by atoms with Crippen LogP contribution in [0.2, 0.25) is 5.02 Å². The molecule has 0 aliphatic carbocycles. The van der Waals surface area contributed by atoms with Crippen molar-refractivity contribution in [2.45, 2.75) is 26.5 Å². The van der Waals surface area contributed by atoms with Gasteiger partial charge in [-0.1, -0.05) is 48.9 Å². The van der Waals surface area contributed by atoms with Crippen molar-refractivity contribution >= 4 is 17.5 Å². The standard InChI is InChI=1S/C25H27ClN2O3/c1-2-19-7-9-21(10-8-19)30-18-22-11-12-24(31-22)25(29)28-15-13-27(14-16-28)17-20-5-3-4-6-23(20)26/h3-12H,2,13-18H2,1H3. The normalized spacial score (nSPS) is 14.6. The molecule has 1 aliphatic rings. The molecule has 0 N–H and O–H groups in total. The Labute approximate surface area is 188 Å². The van der Waals surface area contributed by atoms with Gasteiger partial charge in [0.05, 0.1) is 0 Å². The molecule has 5 nitrogen and oxygen atoms in total. The van der Waals surface area contributed by atoms with E-state index in [0.717, 1.165) is 42.4 Å². The van der Waals surface area contributed by atoms with Gasteiger partial charge in [0.2, 0.25) is 0 Å². The molecular weight excluding hydrogens is 412 g/mol. The molecule has 0 spiro atoms. The van der Waals surface area contributed by atoms with Crippen molar-refractivity contribution in [1.29, 1.82) is 0 Å². The van der Waals surface area contributed by atoms with E-state index < -0.39 is 0 Å². The zero-order valence-electron chi connectivity index (χ0n) is 17.7. The van der Waals surface area contributed by atoms with E-state index in [0.29, 0.717) is 31.2 Å². The second-order valence-electron chi connectivity index (χ2n) is 7.71. The number of piperazine rings is 1. The largest absolute Gasteiger partial charge is 0.486 e. The number of benzene rings is 2. The van der Waals surface area contributed by atoms with Crippen LogP contribution in [-0.4, -0.2) is 41.9 Å². The molecule has 0 unspecified atom stereocenters. The van der Waals surface area contributed by atoms with Gasteiger partial charge in [-0.2, -0.15) is 0 Å². The number of hydrogen-bond donors (Lipinski definition) is 0. The Morgan fingerprint density at radius 1 is 1.00 bits per heavy atom. The average Bonchev–Trinajstić information content (AvgIpc) is 3.29. The predicted molar refractivity (Wildman–Crippen MR) is 121 cm³/mol. The summed E-state index contributed by atoms with van der Waals surface area (Å²) in [6.07, 6.45) is 0.998. The van der Waals surface area contributed by atoms with Crippen LogP contribution >= 0.6 is 11.6 Å². The van der Waals surface area contributed by atoms with Crippen molar-refractivity contribution < 1.29 is 13.9 Å². The highest BCUT2D eigenvalue weighted by Crippen LogP contribution is 2.20. The van der Waals surface area contributed by atoms with Crippen molar-refractivity contribution in [3.63, 3.8) is 0 Å². The molecule has 1 aliphatic heterocycles. The molecular formula is C25H27ClN2O3. The molecule has 2 heterocycles. The van der Waals surface area contributed by atoms with Crippen LogP contribution in [0, 0.1) is 0 Å². The molecule has 0 radical (unpaired) electrons.